The van der Waals surface area contributed by atoms with Crippen molar-refractivity contribution in [3.05, 3.63) is 46.6 Å². The Morgan fingerprint density at radius 3 is 2.60 bits per heavy atom. The van der Waals surface area contributed by atoms with E-state index in [9.17, 15) is 9.59 Å². The van der Waals surface area contributed by atoms with Crippen molar-refractivity contribution in [2.45, 2.75) is 44.7 Å². The van der Waals surface area contributed by atoms with Gasteiger partial charge in [-0.25, -0.2) is 0 Å². The van der Waals surface area contributed by atoms with Gasteiger partial charge in [0.05, 0.1) is 16.7 Å². The lowest BCUT2D eigenvalue weighted by Gasteiger charge is -2.17. The Kier molecular flexibility index (Phi) is 4.38. The summed E-state index contributed by atoms with van der Waals surface area (Å²) in [4.78, 5) is 30.4. The van der Waals surface area contributed by atoms with Crippen LogP contribution in [-0.2, 0) is 12.1 Å². The van der Waals surface area contributed by atoms with E-state index in [1.807, 2.05) is 13.0 Å². The summed E-state index contributed by atoms with van der Waals surface area (Å²) < 4.78 is 5.24. The fourth-order valence-electron chi connectivity index (χ4n) is 3.43. The molecular formula is C17H19ClN4O3. The number of rotatable bonds is 3. The Labute approximate surface area is 151 Å². The Morgan fingerprint density at radius 2 is 1.88 bits per heavy atom. The molecule has 2 amide bonds. The smallest absolute Gasteiger partial charge is 0.262 e. The minimum atomic E-state index is -0.555. The summed E-state index contributed by atoms with van der Waals surface area (Å²) in [7, 11) is 0. The van der Waals surface area contributed by atoms with Gasteiger partial charge < -0.3 is 10.3 Å². The monoisotopic (exact) mass is 362 g/mol. The second-order valence-electron chi connectivity index (χ2n) is 6.62. The third kappa shape index (κ3) is 2.83. The maximum atomic E-state index is 12.5. The molecule has 2 aliphatic rings. The van der Waals surface area contributed by atoms with Crippen LogP contribution in [-0.4, -0.2) is 26.9 Å². The van der Waals surface area contributed by atoms with Crippen LogP contribution in [0.5, 0.6) is 0 Å². The number of nitrogens with zero attached hydrogens (tertiary/aromatic N) is 3. The van der Waals surface area contributed by atoms with Gasteiger partial charge >= 0.3 is 0 Å². The average molecular weight is 363 g/mol. The molecule has 8 heteroatoms. The van der Waals surface area contributed by atoms with Crippen LogP contribution in [0.1, 0.15) is 63.7 Å². The summed E-state index contributed by atoms with van der Waals surface area (Å²) in [6.07, 6.45) is 3.72. The number of imide groups is 1. The number of nitrogens with two attached hydrogens (primary N) is 1. The van der Waals surface area contributed by atoms with Gasteiger partial charge in [-0.3, -0.25) is 14.5 Å². The molecule has 1 aliphatic heterocycles. The lowest BCUT2D eigenvalue weighted by molar-refractivity contribution is 0.0625. The molecule has 2 heterocycles. The van der Waals surface area contributed by atoms with Crippen molar-refractivity contribution in [1.29, 1.82) is 0 Å². The van der Waals surface area contributed by atoms with Gasteiger partial charge in [0, 0.05) is 0 Å². The summed E-state index contributed by atoms with van der Waals surface area (Å²) in [5.41, 5.74) is 7.52. The quantitative estimate of drug-likeness (QED) is 0.840. The molecule has 1 aliphatic carbocycles. The molecule has 1 aromatic carbocycles. The largest absolute Gasteiger partial charge is 0.337 e. The highest BCUT2D eigenvalue weighted by Crippen LogP contribution is 2.34. The van der Waals surface area contributed by atoms with Gasteiger partial charge in [0.25, 0.3) is 11.8 Å². The van der Waals surface area contributed by atoms with Gasteiger partial charge in [0.2, 0.25) is 5.89 Å². The molecule has 4 rings (SSSR count). The summed E-state index contributed by atoms with van der Waals surface area (Å²) in [6.45, 7) is 1.85. The number of benzene rings is 1. The highest BCUT2D eigenvalue weighted by molar-refractivity contribution is 6.21. The van der Waals surface area contributed by atoms with Gasteiger partial charge in [0.1, 0.15) is 6.54 Å². The van der Waals surface area contributed by atoms with E-state index in [2.05, 4.69) is 10.1 Å². The number of aryl methyl sites for hydroxylation is 1. The van der Waals surface area contributed by atoms with Gasteiger partial charge in [-0.05, 0) is 31.9 Å². The van der Waals surface area contributed by atoms with E-state index in [0.29, 0.717) is 17.0 Å². The van der Waals surface area contributed by atoms with Crippen molar-refractivity contribution in [3.8, 4) is 0 Å². The van der Waals surface area contributed by atoms with Crippen LogP contribution in [0.15, 0.2) is 22.7 Å². The molecule has 1 aromatic heterocycles. The van der Waals surface area contributed by atoms with Crippen LogP contribution in [0, 0.1) is 6.92 Å². The SMILES string of the molecule is Cc1ccc2c(c1)C(=O)N(Cc1nc(C3(N)CCCC3)no1)C2=O.Cl. The normalized spacial score (nSPS) is 18.4. The number of halogens is 1. The minimum Gasteiger partial charge on any atom is -0.337 e. The minimum absolute atomic E-state index is 0. The lowest BCUT2D eigenvalue weighted by Crippen LogP contribution is -2.34. The zero-order chi connectivity index (χ0) is 16.9. The van der Waals surface area contributed by atoms with Crippen molar-refractivity contribution in [1.82, 2.24) is 15.0 Å². The predicted octanol–water partition coefficient (Wildman–Crippen LogP) is 2.32. The van der Waals surface area contributed by atoms with E-state index in [1.165, 1.54) is 0 Å². The molecule has 7 nitrogen and oxygen atoms in total. The molecule has 1 fully saturated rings. The second-order valence-corrected chi connectivity index (χ2v) is 6.62. The standard InChI is InChI=1S/C17H18N4O3.ClH/c1-10-4-5-11-12(8-10)15(23)21(14(11)22)9-13-19-16(20-24-13)17(18)6-2-3-7-17;/h4-5,8H,2-3,6-7,9,18H2,1H3;1H. The molecule has 0 spiro atoms. The topological polar surface area (TPSA) is 102 Å². The van der Waals surface area contributed by atoms with E-state index < -0.39 is 5.54 Å². The molecule has 0 unspecified atom stereocenters. The molecule has 132 valence electrons. The first-order valence-electron chi connectivity index (χ1n) is 8.07. The molecule has 0 atom stereocenters. The summed E-state index contributed by atoms with van der Waals surface area (Å²) in [5, 5.41) is 3.96. The number of hydrogen-bond acceptors (Lipinski definition) is 6. The number of carbonyl (C=O) groups is 2. The van der Waals surface area contributed by atoms with Crippen molar-refractivity contribution >= 4 is 24.2 Å². The van der Waals surface area contributed by atoms with E-state index in [4.69, 9.17) is 10.3 Å². The molecule has 2 N–H and O–H groups in total. The van der Waals surface area contributed by atoms with Crippen molar-refractivity contribution in [3.63, 3.8) is 0 Å². The number of fused-ring (bicyclic) bond motifs is 1. The van der Waals surface area contributed by atoms with Gasteiger partial charge in [0.15, 0.2) is 5.82 Å². The predicted molar refractivity (Wildman–Crippen MR) is 91.3 cm³/mol. The van der Waals surface area contributed by atoms with Crippen LogP contribution in [0.4, 0.5) is 0 Å². The zero-order valence-corrected chi connectivity index (χ0v) is 14.6. The number of hydrogen-bond donors (Lipinski definition) is 1. The number of aromatic nitrogens is 2. The Morgan fingerprint density at radius 1 is 1.20 bits per heavy atom. The molecular weight excluding hydrogens is 344 g/mol. The molecule has 25 heavy (non-hydrogen) atoms. The first kappa shape index (κ1) is 17.6. The second kappa shape index (κ2) is 6.24. The molecule has 0 saturated heterocycles. The maximum Gasteiger partial charge on any atom is 0.262 e. The Bertz CT molecular complexity index is 842. The van der Waals surface area contributed by atoms with Crippen LogP contribution < -0.4 is 5.73 Å². The van der Waals surface area contributed by atoms with Crippen LogP contribution in [0.2, 0.25) is 0 Å². The third-order valence-electron chi connectivity index (χ3n) is 4.83. The fourth-order valence-corrected chi connectivity index (χ4v) is 3.43. The van der Waals surface area contributed by atoms with E-state index in [0.717, 1.165) is 36.1 Å². The molecule has 0 bridgehead atoms. The molecule has 0 radical (unpaired) electrons. The van der Waals surface area contributed by atoms with E-state index >= 15 is 0 Å². The van der Waals surface area contributed by atoms with E-state index in [-0.39, 0.29) is 36.7 Å². The summed E-state index contributed by atoms with van der Waals surface area (Å²) in [6, 6.07) is 5.22. The van der Waals surface area contributed by atoms with Gasteiger partial charge in [-0.1, -0.05) is 29.6 Å². The number of carbonyl (C=O) groups excluding carboxylic acids is 2. The third-order valence-corrected chi connectivity index (χ3v) is 4.83. The fraction of sp³-hybridized carbons (Fsp3) is 0.412. The number of amides is 2. The molecule has 2 aromatic rings. The van der Waals surface area contributed by atoms with Crippen molar-refractivity contribution < 1.29 is 14.1 Å². The van der Waals surface area contributed by atoms with Crippen LogP contribution in [0.25, 0.3) is 0 Å². The van der Waals surface area contributed by atoms with Crippen LogP contribution >= 0.6 is 12.4 Å². The summed E-state index contributed by atoms with van der Waals surface area (Å²) in [5.74, 6) is 0.0234. The highest BCUT2D eigenvalue weighted by Gasteiger charge is 2.39. The summed E-state index contributed by atoms with van der Waals surface area (Å²) >= 11 is 0. The van der Waals surface area contributed by atoms with E-state index in [1.54, 1.807) is 12.1 Å². The maximum absolute atomic E-state index is 12.5. The highest BCUT2D eigenvalue weighted by atomic mass is 35.5. The Hall–Kier alpha value is -2.25. The Balaban J connectivity index is 0.00000182. The lowest BCUT2D eigenvalue weighted by atomic mass is 9.99. The van der Waals surface area contributed by atoms with Crippen molar-refractivity contribution in [2.75, 3.05) is 0 Å². The van der Waals surface area contributed by atoms with Crippen LogP contribution in [0.3, 0.4) is 0 Å². The first-order chi connectivity index (χ1) is 11.5. The average Bonchev–Trinajstić information content (AvgIpc) is 3.25. The van der Waals surface area contributed by atoms with Gasteiger partial charge in [-0.15, -0.1) is 12.4 Å². The molecule has 1 saturated carbocycles. The van der Waals surface area contributed by atoms with Crippen molar-refractivity contribution in [2.24, 2.45) is 5.73 Å². The first-order valence-corrected chi connectivity index (χ1v) is 8.07. The zero-order valence-electron chi connectivity index (χ0n) is 13.8. The van der Waals surface area contributed by atoms with Gasteiger partial charge in [-0.2, -0.15) is 4.98 Å².